The van der Waals surface area contributed by atoms with Gasteiger partial charge in [0.1, 0.15) is 0 Å². The zero-order valence-corrected chi connectivity index (χ0v) is 24.6. The zero-order chi connectivity index (χ0) is 27.3. The van der Waals surface area contributed by atoms with Crippen LogP contribution in [-0.4, -0.2) is 50.3 Å². The second-order valence-corrected chi connectivity index (χ2v) is 13.2. The van der Waals surface area contributed by atoms with Crippen molar-refractivity contribution in [3.05, 3.63) is 12.2 Å². The van der Waals surface area contributed by atoms with Crippen LogP contribution in [0.25, 0.3) is 0 Å². The predicted octanol–water partition coefficient (Wildman–Crippen LogP) is 5.90. The largest absolute Gasteiger partial charge is 0.379 e. The summed E-state index contributed by atoms with van der Waals surface area (Å²) in [6.07, 6.45) is 3.65. The predicted molar refractivity (Wildman–Crippen MR) is 146 cm³/mol. The molecule has 0 heterocycles. The van der Waals surface area contributed by atoms with Crippen molar-refractivity contribution >= 4 is 11.8 Å². The number of carbonyl (C=O) groups excluding carboxylic acids is 2. The smallest absolute Gasteiger partial charge is 0.224 e. The lowest BCUT2D eigenvalue weighted by molar-refractivity contribution is -0.123. The Hall–Kier alpha value is -1.40. The Morgan fingerprint density at radius 2 is 1.49 bits per heavy atom. The van der Waals surface area contributed by atoms with Gasteiger partial charge < -0.3 is 20.1 Å². The molecule has 0 fully saturated rings. The molecular formula is C29H56N2O4. The Morgan fingerprint density at radius 1 is 0.886 bits per heavy atom. The Labute approximate surface area is 216 Å². The lowest BCUT2D eigenvalue weighted by Crippen LogP contribution is -2.46. The molecule has 0 bridgehead atoms. The number of amides is 2. The van der Waals surface area contributed by atoms with E-state index in [4.69, 9.17) is 9.47 Å². The van der Waals surface area contributed by atoms with E-state index < -0.39 is 0 Å². The van der Waals surface area contributed by atoms with Gasteiger partial charge in [-0.3, -0.25) is 9.59 Å². The third-order valence-corrected chi connectivity index (χ3v) is 5.79. The molecule has 2 amide bonds. The van der Waals surface area contributed by atoms with Gasteiger partial charge in [0.25, 0.3) is 0 Å². The molecular weight excluding hydrogens is 440 g/mol. The van der Waals surface area contributed by atoms with Gasteiger partial charge in [-0.2, -0.15) is 0 Å². The maximum absolute atomic E-state index is 12.1. The number of rotatable bonds is 19. The molecule has 0 aromatic carbocycles. The van der Waals surface area contributed by atoms with E-state index in [9.17, 15) is 9.59 Å². The van der Waals surface area contributed by atoms with Crippen LogP contribution in [0.3, 0.4) is 0 Å². The summed E-state index contributed by atoms with van der Waals surface area (Å²) < 4.78 is 11.7. The number of hydrogen-bond donors (Lipinski definition) is 2. The standard InChI is InChI=1S/C29H56N2O4/c1-22(2)16-26(33)31-29(10,11)20-27(6,7)12-13-34-14-15-35-21-28(8,9)18-24(5)17-25(32)30-19-23(3)4/h23-24H,1,12-21H2,2-11H3,(H,30,32)(H,31,33). The third-order valence-electron chi connectivity index (χ3n) is 5.79. The van der Waals surface area contributed by atoms with Gasteiger partial charge in [-0.15, -0.1) is 0 Å². The van der Waals surface area contributed by atoms with Crippen LogP contribution >= 0.6 is 0 Å². The minimum absolute atomic E-state index is 0.0138. The van der Waals surface area contributed by atoms with E-state index in [0.717, 1.165) is 31.4 Å². The zero-order valence-electron chi connectivity index (χ0n) is 24.6. The summed E-state index contributed by atoms with van der Waals surface area (Å²) in [7, 11) is 0. The van der Waals surface area contributed by atoms with Gasteiger partial charge in [0.15, 0.2) is 0 Å². The molecule has 0 radical (unpaired) electrons. The van der Waals surface area contributed by atoms with Gasteiger partial charge in [-0.05, 0) is 62.7 Å². The van der Waals surface area contributed by atoms with Gasteiger partial charge >= 0.3 is 0 Å². The quantitative estimate of drug-likeness (QED) is 0.172. The van der Waals surface area contributed by atoms with E-state index in [1.165, 1.54) is 0 Å². The lowest BCUT2D eigenvalue weighted by Gasteiger charge is -2.35. The molecule has 35 heavy (non-hydrogen) atoms. The number of ether oxygens (including phenoxy) is 2. The first-order valence-corrected chi connectivity index (χ1v) is 13.3. The summed E-state index contributed by atoms with van der Waals surface area (Å²) in [5.74, 6) is 0.947. The Balaban J connectivity index is 4.13. The normalized spacial score (nSPS) is 13.6. The second-order valence-electron chi connectivity index (χ2n) is 13.2. The first kappa shape index (κ1) is 33.6. The van der Waals surface area contributed by atoms with Crippen molar-refractivity contribution in [2.45, 2.75) is 107 Å². The minimum atomic E-state index is -0.281. The van der Waals surface area contributed by atoms with Crippen molar-refractivity contribution in [3.8, 4) is 0 Å². The third kappa shape index (κ3) is 19.5. The average molecular weight is 497 g/mol. The highest BCUT2D eigenvalue weighted by Gasteiger charge is 2.30. The first-order valence-electron chi connectivity index (χ1n) is 13.3. The molecule has 0 aromatic rings. The van der Waals surface area contributed by atoms with Crippen molar-refractivity contribution < 1.29 is 19.1 Å². The highest BCUT2D eigenvalue weighted by Crippen LogP contribution is 2.31. The maximum atomic E-state index is 12.1. The number of hydrogen-bond acceptors (Lipinski definition) is 4. The Kier molecular flexibility index (Phi) is 15.0. The van der Waals surface area contributed by atoms with Crippen LogP contribution in [-0.2, 0) is 19.1 Å². The average Bonchev–Trinajstić information content (AvgIpc) is 2.62. The fourth-order valence-electron chi connectivity index (χ4n) is 4.72. The van der Waals surface area contributed by atoms with Crippen LogP contribution in [0.15, 0.2) is 12.2 Å². The molecule has 0 aromatic heterocycles. The van der Waals surface area contributed by atoms with Crippen LogP contribution in [0.2, 0.25) is 0 Å². The second kappa shape index (κ2) is 15.7. The van der Waals surface area contributed by atoms with E-state index in [1.54, 1.807) is 0 Å². The highest BCUT2D eigenvalue weighted by atomic mass is 16.5. The van der Waals surface area contributed by atoms with Crippen LogP contribution < -0.4 is 10.6 Å². The summed E-state index contributed by atoms with van der Waals surface area (Å²) >= 11 is 0. The summed E-state index contributed by atoms with van der Waals surface area (Å²) in [6.45, 7) is 28.2. The van der Waals surface area contributed by atoms with Crippen molar-refractivity contribution in [2.75, 3.05) is 33.0 Å². The van der Waals surface area contributed by atoms with Crippen molar-refractivity contribution in [1.29, 1.82) is 0 Å². The van der Waals surface area contributed by atoms with E-state index in [0.29, 0.717) is 51.1 Å². The molecule has 1 atom stereocenters. The van der Waals surface area contributed by atoms with Gasteiger partial charge in [-0.1, -0.05) is 60.6 Å². The fourth-order valence-corrected chi connectivity index (χ4v) is 4.72. The fraction of sp³-hybridized carbons (Fsp3) is 0.862. The summed E-state index contributed by atoms with van der Waals surface area (Å²) in [5.41, 5.74) is 0.646. The summed E-state index contributed by atoms with van der Waals surface area (Å²) in [6, 6.07) is 0. The molecule has 1 unspecified atom stereocenters. The van der Waals surface area contributed by atoms with Gasteiger partial charge in [0, 0.05) is 31.5 Å². The Morgan fingerprint density at radius 3 is 2.06 bits per heavy atom. The monoisotopic (exact) mass is 496 g/mol. The van der Waals surface area contributed by atoms with E-state index >= 15 is 0 Å². The highest BCUT2D eigenvalue weighted by molar-refractivity contribution is 5.79. The van der Waals surface area contributed by atoms with Crippen LogP contribution in [0, 0.1) is 22.7 Å². The van der Waals surface area contributed by atoms with Crippen molar-refractivity contribution in [3.63, 3.8) is 0 Å². The first-order chi connectivity index (χ1) is 15.9. The molecule has 0 aliphatic carbocycles. The molecule has 0 aliphatic rings. The molecule has 0 saturated carbocycles. The molecule has 206 valence electrons. The molecule has 6 nitrogen and oxygen atoms in total. The molecule has 2 N–H and O–H groups in total. The van der Waals surface area contributed by atoms with Crippen LogP contribution in [0.5, 0.6) is 0 Å². The molecule has 0 saturated heterocycles. The van der Waals surface area contributed by atoms with E-state index in [1.807, 2.05) is 6.92 Å². The van der Waals surface area contributed by atoms with E-state index in [-0.39, 0.29) is 28.2 Å². The SMILES string of the molecule is C=C(C)CC(=O)NC(C)(C)CC(C)(C)CCOCCOCC(C)(C)CC(C)CC(=O)NCC(C)C. The lowest BCUT2D eigenvalue weighted by atomic mass is 9.78. The molecule has 0 spiro atoms. The summed E-state index contributed by atoms with van der Waals surface area (Å²) in [5, 5.41) is 6.13. The van der Waals surface area contributed by atoms with Gasteiger partial charge in [0.2, 0.25) is 11.8 Å². The van der Waals surface area contributed by atoms with Crippen LogP contribution in [0.4, 0.5) is 0 Å². The number of nitrogens with one attached hydrogen (secondary N) is 2. The summed E-state index contributed by atoms with van der Waals surface area (Å²) in [4.78, 5) is 24.2. The van der Waals surface area contributed by atoms with Crippen LogP contribution in [0.1, 0.15) is 101 Å². The molecule has 6 heteroatoms. The maximum Gasteiger partial charge on any atom is 0.224 e. The van der Waals surface area contributed by atoms with Crippen molar-refractivity contribution in [1.82, 2.24) is 10.6 Å². The van der Waals surface area contributed by atoms with Crippen molar-refractivity contribution in [2.24, 2.45) is 22.7 Å². The molecule has 0 rings (SSSR count). The minimum Gasteiger partial charge on any atom is -0.379 e. The topological polar surface area (TPSA) is 76.7 Å². The van der Waals surface area contributed by atoms with E-state index in [2.05, 4.69) is 79.5 Å². The van der Waals surface area contributed by atoms with Gasteiger partial charge in [-0.25, -0.2) is 0 Å². The van der Waals surface area contributed by atoms with Gasteiger partial charge in [0.05, 0.1) is 19.8 Å². The number of carbonyl (C=O) groups is 2. The Bertz CT molecular complexity index is 653. The molecule has 0 aliphatic heterocycles.